The Morgan fingerprint density at radius 2 is 1.14 bits per heavy atom. The van der Waals surface area contributed by atoms with Crippen molar-refractivity contribution < 1.29 is 0 Å². The molecule has 0 amide bonds. The minimum absolute atomic E-state index is 0.0891. The van der Waals surface area contributed by atoms with E-state index in [1.165, 1.54) is 0 Å². The van der Waals surface area contributed by atoms with Gasteiger partial charge in [0.05, 0.1) is 21.9 Å². The van der Waals surface area contributed by atoms with Crippen LogP contribution >= 0.6 is 0 Å². The number of benzene rings is 5. The van der Waals surface area contributed by atoms with Crippen molar-refractivity contribution >= 4 is 44.8 Å². The number of fused-ring (bicyclic) bond motifs is 4. The zero-order valence-corrected chi connectivity index (χ0v) is 19.9. The molecule has 176 valence electrons. The van der Waals surface area contributed by atoms with Gasteiger partial charge in [0.1, 0.15) is 0 Å². The maximum atomic E-state index is 14.1. The van der Waals surface area contributed by atoms with Crippen LogP contribution in [-0.2, 0) is 0 Å². The summed E-state index contributed by atoms with van der Waals surface area (Å²) in [6, 6.07) is 44.3. The molecule has 0 radical (unpaired) electrons. The number of hydrogen-bond donors (Lipinski definition) is 0. The van der Waals surface area contributed by atoms with Crippen LogP contribution in [0.5, 0.6) is 0 Å². The van der Waals surface area contributed by atoms with E-state index in [0.29, 0.717) is 16.7 Å². The lowest BCUT2D eigenvalue weighted by Crippen LogP contribution is -2.16. The SMILES string of the molecule is O=c1c2cc(N(c3ccccc3)c3ccccc3)ccc2nc2n(-c3ccccc3)c3ccccc3n12. The van der Waals surface area contributed by atoms with Gasteiger partial charge in [-0.3, -0.25) is 9.36 Å². The highest BCUT2D eigenvalue weighted by Gasteiger charge is 2.19. The molecule has 2 heterocycles. The van der Waals surface area contributed by atoms with Gasteiger partial charge in [-0.15, -0.1) is 0 Å². The third kappa shape index (κ3) is 3.40. The molecule has 0 aliphatic heterocycles. The van der Waals surface area contributed by atoms with E-state index in [-0.39, 0.29) is 5.56 Å². The smallest absolute Gasteiger partial charge is 0.267 e. The highest BCUT2D eigenvalue weighted by Crippen LogP contribution is 2.35. The second-order valence-electron chi connectivity index (χ2n) is 8.92. The first kappa shape index (κ1) is 21.1. The molecule has 0 aliphatic rings. The number of para-hydroxylation sites is 5. The van der Waals surface area contributed by atoms with Crippen molar-refractivity contribution in [3.63, 3.8) is 0 Å². The molecule has 0 fully saturated rings. The summed E-state index contributed by atoms with van der Waals surface area (Å²) >= 11 is 0. The van der Waals surface area contributed by atoms with Gasteiger partial charge in [-0.25, -0.2) is 9.38 Å². The lowest BCUT2D eigenvalue weighted by Gasteiger charge is -2.25. The van der Waals surface area contributed by atoms with E-state index in [1.54, 1.807) is 4.40 Å². The van der Waals surface area contributed by atoms with E-state index in [4.69, 9.17) is 4.98 Å². The molecule has 5 heteroatoms. The number of aromatic nitrogens is 3. The van der Waals surface area contributed by atoms with Crippen LogP contribution in [0, 0.1) is 0 Å². The Morgan fingerprint density at radius 1 is 0.568 bits per heavy atom. The summed E-state index contributed by atoms with van der Waals surface area (Å²) < 4.78 is 3.77. The molecular weight excluding hydrogens is 456 g/mol. The molecule has 2 aromatic heterocycles. The fourth-order valence-electron chi connectivity index (χ4n) is 5.05. The van der Waals surface area contributed by atoms with Crippen molar-refractivity contribution in [2.45, 2.75) is 0 Å². The molecule has 0 N–H and O–H groups in total. The van der Waals surface area contributed by atoms with Gasteiger partial charge < -0.3 is 4.90 Å². The third-order valence-electron chi connectivity index (χ3n) is 6.70. The fourth-order valence-corrected chi connectivity index (χ4v) is 5.05. The van der Waals surface area contributed by atoms with Crippen LogP contribution in [-0.4, -0.2) is 14.0 Å². The maximum absolute atomic E-state index is 14.1. The molecule has 5 aromatic carbocycles. The van der Waals surface area contributed by atoms with Gasteiger partial charge in [0.15, 0.2) is 0 Å². The van der Waals surface area contributed by atoms with Crippen molar-refractivity contribution in [2.24, 2.45) is 0 Å². The average Bonchev–Trinajstić information content (AvgIpc) is 3.29. The van der Waals surface area contributed by atoms with Crippen LogP contribution in [0.25, 0.3) is 33.4 Å². The molecule has 0 bridgehead atoms. The maximum Gasteiger partial charge on any atom is 0.267 e. The summed E-state index contributed by atoms with van der Waals surface area (Å²) in [7, 11) is 0. The monoisotopic (exact) mass is 478 g/mol. The number of hydrogen-bond acceptors (Lipinski definition) is 3. The Hall–Kier alpha value is -5.16. The van der Waals surface area contributed by atoms with E-state index in [2.05, 4.69) is 29.2 Å². The van der Waals surface area contributed by atoms with Gasteiger partial charge in [-0.05, 0) is 66.7 Å². The predicted octanol–water partition coefficient (Wildman–Crippen LogP) is 7.26. The second-order valence-corrected chi connectivity index (χ2v) is 8.92. The summed E-state index contributed by atoms with van der Waals surface area (Å²) in [4.78, 5) is 21.2. The van der Waals surface area contributed by atoms with Crippen molar-refractivity contribution in [3.8, 4) is 5.69 Å². The lowest BCUT2D eigenvalue weighted by atomic mass is 10.1. The molecule has 0 atom stereocenters. The second kappa shape index (κ2) is 8.50. The van der Waals surface area contributed by atoms with E-state index < -0.39 is 0 Å². The summed E-state index contributed by atoms with van der Waals surface area (Å²) in [6.07, 6.45) is 0. The Balaban J connectivity index is 1.52. The summed E-state index contributed by atoms with van der Waals surface area (Å²) in [5.74, 6) is 0.598. The van der Waals surface area contributed by atoms with Crippen LogP contribution in [0.4, 0.5) is 17.1 Å². The van der Waals surface area contributed by atoms with Crippen LogP contribution in [0.1, 0.15) is 0 Å². The van der Waals surface area contributed by atoms with E-state index in [9.17, 15) is 4.79 Å². The van der Waals surface area contributed by atoms with E-state index in [1.807, 2.05) is 114 Å². The molecule has 0 saturated heterocycles. The van der Waals surface area contributed by atoms with Gasteiger partial charge in [0, 0.05) is 22.7 Å². The highest BCUT2D eigenvalue weighted by atomic mass is 16.1. The molecule has 0 unspecified atom stereocenters. The Labute approximate surface area is 213 Å². The minimum atomic E-state index is -0.0891. The van der Waals surface area contributed by atoms with Crippen molar-refractivity contribution in [3.05, 3.63) is 144 Å². The average molecular weight is 479 g/mol. The molecule has 7 aromatic rings. The zero-order valence-electron chi connectivity index (χ0n) is 19.9. The zero-order chi connectivity index (χ0) is 24.8. The van der Waals surface area contributed by atoms with Crippen LogP contribution in [0.3, 0.4) is 0 Å². The van der Waals surface area contributed by atoms with Crippen molar-refractivity contribution in [1.29, 1.82) is 0 Å². The molecule has 5 nitrogen and oxygen atoms in total. The third-order valence-corrected chi connectivity index (χ3v) is 6.70. The van der Waals surface area contributed by atoms with Gasteiger partial charge in [-0.2, -0.15) is 0 Å². The summed E-state index contributed by atoms with van der Waals surface area (Å²) in [5.41, 5.74) is 6.23. The van der Waals surface area contributed by atoms with E-state index >= 15 is 0 Å². The Morgan fingerprint density at radius 3 is 1.78 bits per heavy atom. The van der Waals surface area contributed by atoms with Crippen molar-refractivity contribution in [1.82, 2.24) is 14.0 Å². The first-order valence-electron chi connectivity index (χ1n) is 12.2. The van der Waals surface area contributed by atoms with Crippen LogP contribution < -0.4 is 10.5 Å². The number of anilines is 3. The molecule has 0 aliphatic carbocycles. The first-order valence-corrected chi connectivity index (χ1v) is 12.2. The quantitative estimate of drug-likeness (QED) is 0.267. The molecular formula is C32H22N4O. The normalized spacial score (nSPS) is 11.4. The van der Waals surface area contributed by atoms with Gasteiger partial charge in [0.25, 0.3) is 5.56 Å². The lowest BCUT2D eigenvalue weighted by molar-refractivity contribution is 1.05. The number of nitrogens with zero attached hydrogens (tertiary/aromatic N) is 4. The molecule has 0 saturated carbocycles. The summed E-state index contributed by atoms with van der Waals surface area (Å²) in [6.45, 7) is 0. The van der Waals surface area contributed by atoms with Crippen molar-refractivity contribution in [2.75, 3.05) is 4.90 Å². The van der Waals surface area contributed by atoms with Crippen LogP contribution in [0.2, 0.25) is 0 Å². The summed E-state index contributed by atoms with van der Waals surface area (Å²) in [5, 5.41) is 0.572. The number of imidazole rings is 1. The van der Waals surface area contributed by atoms with Gasteiger partial charge in [-0.1, -0.05) is 66.7 Å². The largest absolute Gasteiger partial charge is 0.310 e. The first-order chi connectivity index (χ1) is 18.3. The Bertz CT molecular complexity index is 1900. The minimum Gasteiger partial charge on any atom is -0.310 e. The van der Waals surface area contributed by atoms with Crippen LogP contribution in [0.15, 0.2) is 138 Å². The van der Waals surface area contributed by atoms with Gasteiger partial charge >= 0.3 is 0 Å². The Kier molecular flexibility index (Phi) is 4.86. The molecule has 0 spiro atoms. The molecule has 7 rings (SSSR count). The fraction of sp³-hybridized carbons (Fsp3) is 0. The molecule has 37 heavy (non-hydrogen) atoms. The highest BCUT2D eigenvalue weighted by molar-refractivity contribution is 5.90. The predicted molar refractivity (Wildman–Crippen MR) is 150 cm³/mol. The number of rotatable bonds is 4. The topological polar surface area (TPSA) is 42.5 Å². The van der Waals surface area contributed by atoms with E-state index in [0.717, 1.165) is 33.8 Å². The standard InChI is InChI=1S/C32H22N4O/c37-31-27-22-26(34(23-12-4-1-5-13-23)24-14-6-2-7-15-24)20-21-28(27)33-32-35(25-16-8-3-9-17-25)29-18-10-11-19-30(29)36(31)32/h1-22H. The van der Waals surface area contributed by atoms with Gasteiger partial charge in [0.2, 0.25) is 5.78 Å².